The highest BCUT2D eigenvalue weighted by Crippen LogP contribution is 2.26. The van der Waals surface area contributed by atoms with Crippen molar-refractivity contribution < 1.29 is 14.0 Å². The standard InChI is InChI=1S/C26H30FN5O2S/c1-16-8-7-9-17(2)24(16)28-23(33)15-22-25(34)29-26(35-22)31-30-18(3)19-10-11-21(20(27)14-19)32-12-5-4-6-13-32/h7-11,14,22H,4-6,12-13,15H2,1-3H3,(H,28,33)(H,29,31,34)/b30-18-/t22-/m1/s1. The lowest BCUT2D eigenvalue weighted by molar-refractivity contribution is -0.122. The first-order valence-electron chi connectivity index (χ1n) is 11.8. The second-order valence-electron chi connectivity index (χ2n) is 8.92. The molecule has 2 heterocycles. The molecular formula is C26H30FN5O2S. The summed E-state index contributed by atoms with van der Waals surface area (Å²) < 4.78 is 14.7. The van der Waals surface area contributed by atoms with Crippen molar-refractivity contribution in [3.8, 4) is 0 Å². The molecule has 4 rings (SSSR count). The molecule has 0 unspecified atom stereocenters. The zero-order valence-electron chi connectivity index (χ0n) is 20.2. The van der Waals surface area contributed by atoms with E-state index in [9.17, 15) is 14.0 Å². The summed E-state index contributed by atoms with van der Waals surface area (Å²) in [6.45, 7) is 7.35. The number of halogens is 1. The molecule has 0 radical (unpaired) electrons. The summed E-state index contributed by atoms with van der Waals surface area (Å²) in [6, 6.07) is 10.9. The molecule has 2 aromatic rings. The highest BCUT2D eigenvalue weighted by Gasteiger charge is 2.32. The molecule has 1 atom stereocenters. The van der Waals surface area contributed by atoms with Gasteiger partial charge in [0.25, 0.3) is 0 Å². The number of piperidine rings is 1. The Balaban J connectivity index is 1.38. The first-order chi connectivity index (χ1) is 16.8. The Hall–Kier alpha value is -3.20. The Morgan fingerprint density at radius 1 is 1.17 bits per heavy atom. The van der Waals surface area contributed by atoms with Crippen molar-refractivity contribution in [2.45, 2.75) is 51.7 Å². The van der Waals surface area contributed by atoms with Crippen LogP contribution in [0.3, 0.4) is 0 Å². The quantitative estimate of drug-likeness (QED) is 0.446. The summed E-state index contributed by atoms with van der Waals surface area (Å²) in [5.41, 5.74) is 4.49. The van der Waals surface area contributed by atoms with Gasteiger partial charge < -0.3 is 15.5 Å². The van der Waals surface area contributed by atoms with Crippen LogP contribution < -0.4 is 15.5 Å². The third-order valence-electron chi connectivity index (χ3n) is 6.25. The Morgan fingerprint density at radius 2 is 1.89 bits per heavy atom. The van der Waals surface area contributed by atoms with Crippen LogP contribution in [0.25, 0.3) is 0 Å². The predicted octanol–water partition coefficient (Wildman–Crippen LogP) is 4.77. The number of para-hydroxylation sites is 1. The summed E-state index contributed by atoms with van der Waals surface area (Å²) in [7, 11) is 0. The maximum absolute atomic E-state index is 14.7. The highest BCUT2D eigenvalue weighted by atomic mass is 32.2. The van der Waals surface area contributed by atoms with Gasteiger partial charge in [0.1, 0.15) is 11.1 Å². The molecule has 0 aliphatic carbocycles. The van der Waals surface area contributed by atoms with Crippen LogP contribution in [-0.4, -0.2) is 41.0 Å². The van der Waals surface area contributed by atoms with Gasteiger partial charge in [0.05, 0.1) is 11.4 Å². The first kappa shape index (κ1) is 24.9. The normalized spacial score (nSPS) is 19.7. The Bertz CT molecular complexity index is 1170. The Labute approximate surface area is 209 Å². The van der Waals surface area contributed by atoms with Crippen LogP contribution in [0.5, 0.6) is 0 Å². The summed E-state index contributed by atoms with van der Waals surface area (Å²) in [4.78, 5) is 27.0. The zero-order valence-corrected chi connectivity index (χ0v) is 21.0. The number of hydrogen-bond acceptors (Lipinski definition) is 6. The molecule has 7 nitrogen and oxygen atoms in total. The van der Waals surface area contributed by atoms with E-state index in [0.29, 0.717) is 22.1 Å². The second-order valence-corrected chi connectivity index (χ2v) is 10.1. The van der Waals surface area contributed by atoms with E-state index in [1.165, 1.54) is 24.2 Å². The van der Waals surface area contributed by atoms with Crippen LogP contribution in [0.2, 0.25) is 0 Å². The maximum atomic E-state index is 14.7. The fourth-order valence-corrected chi connectivity index (χ4v) is 5.18. The summed E-state index contributed by atoms with van der Waals surface area (Å²) in [6.07, 6.45) is 3.37. The third-order valence-corrected chi connectivity index (χ3v) is 7.32. The van der Waals surface area contributed by atoms with E-state index >= 15 is 0 Å². The molecular weight excluding hydrogens is 465 g/mol. The highest BCUT2D eigenvalue weighted by molar-refractivity contribution is 8.15. The Morgan fingerprint density at radius 3 is 2.57 bits per heavy atom. The number of benzene rings is 2. The largest absolute Gasteiger partial charge is 0.369 e. The minimum atomic E-state index is -0.588. The number of hydrogen-bond donors (Lipinski definition) is 2. The molecule has 2 aromatic carbocycles. The van der Waals surface area contributed by atoms with E-state index in [1.807, 2.05) is 38.1 Å². The number of carbonyl (C=O) groups is 2. The van der Waals surface area contributed by atoms with Crippen LogP contribution in [-0.2, 0) is 9.59 Å². The van der Waals surface area contributed by atoms with Gasteiger partial charge >= 0.3 is 0 Å². The van der Waals surface area contributed by atoms with Crippen LogP contribution in [0.4, 0.5) is 15.8 Å². The van der Waals surface area contributed by atoms with E-state index in [1.54, 1.807) is 13.0 Å². The van der Waals surface area contributed by atoms with Gasteiger partial charge in [-0.25, -0.2) is 4.39 Å². The van der Waals surface area contributed by atoms with Crippen LogP contribution in [0.1, 0.15) is 49.3 Å². The van der Waals surface area contributed by atoms with E-state index in [2.05, 4.69) is 25.7 Å². The van der Waals surface area contributed by atoms with Crippen molar-refractivity contribution in [3.63, 3.8) is 0 Å². The molecule has 2 N–H and O–H groups in total. The molecule has 0 bridgehead atoms. The topological polar surface area (TPSA) is 86.2 Å². The third kappa shape index (κ3) is 6.08. The minimum absolute atomic E-state index is 0.0230. The number of carbonyl (C=O) groups excluding carboxylic acids is 2. The number of aryl methyl sites for hydroxylation is 2. The number of amides is 2. The fraction of sp³-hybridized carbons (Fsp3) is 0.385. The minimum Gasteiger partial charge on any atom is -0.369 e. The van der Waals surface area contributed by atoms with Crippen molar-refractivity contribution in [1.82, 2.24) is 5.32 Å². The van der Waals surface area contributed by atoms with Gasteiger partial charge in [0.15, 0.2) is 5.17 Å². The predicted molar refractivity (Wildman–Crippen MR) is 141 cm³/mol. The van der Waals surface area contributed by atoms with Crippen molar-refractivity contribution in [2.24, 2.45) is 10.2 Å². The number of anilines is 2. The van der Waals surface area contributed by atoms with Crippen LogP contribution >= 0.6 is 11.8 Å². The fourth-order valence-electron chi connectivity index (χ4n) is 4.26. The van der Waals surface area contributed by atoms with Gasteiger partial charge in [-0.3, -0.25) is 9.59 Å². The number of nitrogens with one attached hydrogen (secondary N) is 2. The average Bonchev–Trinajstić information content (AvgIpc) is 3.19. The van der Waals surface area contributed by atoms with E-state index < -0.39 is 5.25 Å². The number of nitrogens with zero attached hydrogens (tertiary/aromatic N) is 3. The lowest BCUT2D eigenvalue weighted by Crippen LogP contribution is -2.30. The smallest absolute Gasteiger partial charge is 0.240 e. The summed E-state index contributed by atoms with van der Waals surface area (Å²) in [5, 5.41) is 13.6. The molecule has 0 saturated carbocycles. The molecule has 35 heavy (non-hydrogen) atoms. The van der Waals surface area contributed by atoms with Gasteiger partial charge in [0, 0.05) is 30.8 Å². The molecule has 2 aliphatic heterocycles. The van der Waals surface area contributed by atoms with Crippen LogP contribution in [0, 0.1) is 19.7 Å². The zero-order chi connectivity index (χ0) is 24.9. The number of thioether (sulfide) groups is 1. The maximum Gasteiger partial charge on any atom is 0.240 e. The molecule has 2 fully saturated rings. The average molecular weight is 496 g/mol. The first-order valence-corrected chi connectivity index (χ1v) is 12.7. The monoisotopic (exact) mass is 495 g/mol. The second kappa shape index (κ2) is 11.0. The van der Waals surface area contributed by atoms with Gasteiger partial charge in [-0.1, -0.05) is 36.0 Å². The molecule has 0 spiro atoms. The lowest BCUT2D eigenvalue weighted by atomic mass is 10.1. The molecule has 9 heteroatoms. The van der Waals surface area contributed by atoms with E-state index in [4.69, 9.17) is 0 Å². The lowest BCUT2D eigenvalue weighted by Gasteiger charge is -2.29. The summed E-state index contributed by atoms with van der Waals surface area (Å²) >= 11 is 1.17. The van der Waals surface area contributed by atoms with Crippen molar-refractivity contribution in [2.75, 3.05) is 23.3 Å². The van der Waals surface area contributed by atoms with Gasteiger partial charge in [0.2, 0.25) is 11.8 Å². The SMILES string of the molecule is C/C(=N/N=C1/NC(=O)[C@@H](CC(=O)Nc2c(C)cccc2C)S1)c1ccc(N2CCCCC2)c(F)c1. The van der Waals surface area contributed by atoms with Crippen molar-refractivity contribution in [3.05, 3.63) is 58.9 Å². The molecule has 2 saturated heterocycles. The molecule has 2 aliphatic rings. The van der Waals surface area contributed by atoms with E-state index in [-0.39, 0.29) is 24.1 Å². The van der Waals surface area contributed by atoms with Crippen molar-refractivity contribution in [1.29, 1.82) is 0 Å². The summed E-state index contributed by atoms with van der Waals surface area (Å²) in [5.74, 6) is -0.791. The molecule has 0 aromatic heterocycles. The molecule has 184 valence electrons. The number of rotatable bonds is 6. The van der Waals surface area contributed by atoms with Gasteiger partial charge in [-0.15, -0.1) is 5.10 Å². The van der Waals surface area contributed by atoms with E-state index in [0.717, 1.165) is 42.7 Å². The van der Waals surface area contributed by atoms with Gasteiger partial charge in [-0.2, -0.15) is 5.10 Å². The number of amidine groups is 1. The van der Waals surface area contributed by atoms with Crippen LogP contribution in [0.15, 0.2) is 46.6 Å². The van der Waals surface area contributed by atoms with Crippen molar-refractivity contribution >= 4 is 45.8 Å². The van der Waals surface area contributed by atoms with Gasteiger partial charge in [-0.05, 0) is 63.3 Å². The molecule has 2 amide bonds. The Kier molecular flexibility index (Phi) is 7.85.